The second-order valence-electron chi connectivity index (χ2n) is 4.17. The maximum atomic E-state index is 11.7. The molecular formula is C16H27NO2. The van der Waals surface area contributed by atoms with Gasteiger partial charge in [-0.1, -0.05) is 58.0 Å². The van der Waals surface area contributed by atoms with E-state index in [9.17, 15) is 4.79 Å². The number of hydrogen-bond acceptors (Lipinski definition) is 3. The molecule has 0 aliphatic rings. The fraction of sp³-hybridized carbons (Fsp3) is 0.562. The topological polar surface area (TPSA) is 52.3 Å². The van der Waals surface area contributed by atoms with Gasteiger partial charge in [0.05, 0.1) is 0 Å². The third-order valence-corrected chi connectivity index (χ3v) is 2.79. The van der Waals surface area contributed by atoms with Crippen LogP contribution in [0.5, 0.6) is 0 Å². The molecule has 0 saturated heterocycles. The lowest BCUT2D eigenvalue weighted by atomic mass is 10.1. The van der Waals surface area contributed by atoms with E-state index in [1.807, 2.05) is 58.0 Å². The predicted octanol–water partition coefficient (Wildman–Crippen LogP) is 3.31. The van der Waals surface area contributed by atoms with Crippen molar-refractivity contribution in [3.8, 4) is 0 Å². The van der Waals surface area contributed by atoms with Gasteiger partial charge in [0.15, 0.2) is 0 Å². The minimum Gasteiger partial charge on any atom is -0.461 e. The first-order valence-electron chi connectivity index (χ1n) is 7.17. The third kappa shape index (κ3) is 6.97. The molecule has 0 spiro atoms. The highest BCUT2D eigenvalue weighted by atomic mass is 16.5. The maximum Gasteiger partial charge on any atom is 0.323 e. The van der Waals surface area contributed by atoms with Crippen LogP contribution in [-0.4, -0.2) is 18.1 Å². The van der Waals surface area contributed by atoms with Crippen molar-refractivity contribution in [2.45, 2.75) is 59.1 Å². The van der Waals surface area contributed by atoms with Crippen LogP contribution in [0.25, 0.3) is 0 Å². The van der Waals surface area contributed by atoms with Crippen molar-refractivity contribution >= 4 is 5.97 Å². The van der Waals surface area contributed by atoms with Gasteiger partial charge in [-0.05, 0) is 24.8 Å². The summed E-state index contributed by atoms with van der Waals surface area (Å²) in [5.41, 5.74) is 6.89. The van der Waals surface area contributed by atoms with E-state index in [1.54, 1.807) is 0 Å². The second kappa shape index (κ2) is 10.6. The quantitative estimate of drug-likeness (QED) is 0.803. The molecule has 0 bridgehead atoms. The summed E-state index contributed by atoms with van der Waals surface area (Å²) in [6.45, 7) is 8.01. The van der Waals surface area contributed by atoms with Gasteiger partial charge in [-0.25, -0.2) is 0 Å². The summed E-state index contributed by atoms with van der Waals surface area (Å²) in [5, 5.41) is 0. The zero-order valence-electron chi connectivity index (χ0n) is 12.6. The van der Waals surface area contributed by atoms with E-state index in [2.05, 4.69) is 0 Å². The number of nitrogens with two attached hydrogens (primary N) is 1. The van der Waals surface area contributed by atoms with Gasteiger partial charge in [0, 0.05) is 0 Å². The van der Waals surface area contributed by atoms with Crippen LogP contribution in [0.4, 0.5) is 0 Å². The highest BCUT2D eigenvalue weighted by Crippen LogP contribution is 2.07. The average molecular weight is 265 g/mol. The minimum absolute atomic E-state index is 0.00989. The Morgan fingerprint density at radius 1 is 1.16 bits per heavy atom. The van der Waals surface area contributed by atoms with Gasteiger partial charge >= 0.3 is 5.97 Å². The molecule has 1 unspecified atom stereocenters. The zero-order valence-corrected chi connectivity index (χ0v) is 12.6. The first kappa shape index (κ1) is 17.6. The molecule has 1 aromatic carbocycles. The summed E-state index contributed by atoms with van der Waals surface area (Å²) in [7, 11) is 0. The van der Waals surface area contributed by atoms with E-state index in [0.717, 1.165) is 18.4 Å². The van der Waals surface area contributed by atoms with E-state index in [0.29, 0.717) is 6.42 Å². The minimum atomic E-state index is -0.571. The number of carbonyl (C=O) groups is 1. The second-order valence-corrected chi connectivity index (χ2v) is 4.17. The molecule has 0 fully saturated rings. The molecule has 2 N–H and O–H groups in total. The fourth-order valence-corrected chi connectivity index (χ4v) is 1.66. The molecule has 0 aromatic heterocycles. The largest absolute Gasteiger partial charge is 0.461 e. The summed E-state index contributed by atoms with van der Waals surface area (Å²) < 4.78 is 5.32. The molecule has 19 heavy (non-hydrogen) atoms. The summed E-state index contributed by atoms with van der Waals surface area (Å²) in [4.78, 5) is 11.7. The predicted molar refractivity (Wildman–Crippen MR) is 79.9 cm³/mol. The molecule has 0 saturated carbocycles. The van der Waals surface area contributed by atoms with Crippen LogP contribution in [0.2, 0.25) is 0 Å². The lowest BCUT2D eigenvalue weighted by molar-refractivity contribution is -0.150. The Balaban J connectivity index is 0.00000154. The summed E-state index contributed by atoms with van der Waals surface area (Å²) >= 11 is 0. The Morgan fingerprint density at radius 2 is 1.68 bits per heavy atom. The monoisotopic (exact) mass is 265 g/mol. The Morgan fingerprint density at radius 3 is 2.16 bits per heavy atom. The fourth-order valence-electron chi connectivity index (χ4n) is 1.66. The molecule has 0 aliphatic carbocycles. The first-order valence-corrected chi connectivity index (χ1v) is 7.17. The van der Waals surface area contributed by atoms with E-state index < -0.39 is 6.04 Å². The van der Waals surface area contributed by atoms with Crippen LogP contribution in [0.3, 0.4) is 0 Å². The van der Waals surface area contributed by atoms with Crippen LogP contribution in [0.15, 0.2) is 30.3 Å². The SMILES string of the molecule is CC.CCC(CC)OC(=O)C(N)Cc1ccccc1. The van der Waals surface area contributed by atoms with Crippen LogP contribution in [0, 0.1) is 0 Å². The van der Waals surface area contributed by atoms with Gasteiger partial charge in [-0.3, -0.25) is 4.79 Å². The summed E-state index contributed by atoms with van der Waals surface area (Å²) in [5.74, 6) is -0.303. The van der Waals surface area contributed by atoms with Crippen molar-refractivity contribution in [2.75, 3.05) is 0 Å². The first-order chi connectivity index (χ1) is 9.17. The Hall–Kier alpha value is -1.35. The molecule has 0 amide bonds. The number of esters is 1. The number of carbonyl (C=O) groups excluding carboxylic acids is 1. The Bertz CT molecular complexity index is 334. The van der Waals surface area contributed by atoms with Crippen LogP contribution in [-0.2, 0) is 16.0 Å². The van der Waals surface area contributed by atoms with Gasteiger partial charge in [-0.2, -0.15) is 0 Å². The van der Waals surface area contributed by atoms with E-state index in [4.69, 9.17) is 10.5 Å². The molecule has 1 atom stereocenters. The normalized spacial score (nSPS) is 11.5. The number of benzene rings is 1. The maximum absolute atomic E-state index is 11.7. The summed E-state index contributed by atoms with van der Waals surface area (Å²) in [6.07, 6.45) is 2.18. The van der Waals surface area contributed by atoms with E-state index in [-0.39, 0.29) is 12.1 Å². The molecule has 3 nitrogen and oxygen atoms in total. The van der Waals surface area contributed by atoms with Gasteiger partial charge in [0.1, 0.15) is 12.1 Å². The van der Waals surface area contributed by atoms with Crippen LogP contribution in [0.1, 0.15) is 46.1 Å². The molecule has 1 rings (SSSR count). The standard InChI is InChI=1S/C14H21NO2.C2H6/c1-3-12(4-2)17-14(16)13(15)10-11-8-6-5-7-9-11;1-2/h5-9,12-13H,3-4,10,15H2,1-2H3;1-2H3. The van der Waals surface area contributed by atoms with Gasteiger partial charge in [-0.15, -0.1) is 0 Å². The molecule has 0 radical (unpaired) electrons. The summed E-state index contributed by atoms with van der Waals surface area (Å²) in [6, 6.07) is 9.17. The molecule has 0 heterocycles. The van der Waals surface area contributed by atoms with Crippen molar-refractivity contribution < 1.29 is 9.53 Å². The highest BCUT2D eigenvalue weighted by Gasteiger charge is 2.18. The van der Waals surface area contributed by atoms with Gasteiger partial charge < -0.3 is 10.5 Å². The molecule has 108 valence electrons. The van der Waals surface area contributed by atoms with Crippen LogP contribution >= 0.6 is 0 Å². The molecule has 0 aliphatic heterocycles. The Labute approximate surface area is 117 Å². The third-order valence-electron chi connectivity index (χ3n) is 2.79. The van der Waals surface area contributed by atoms with Crippen molar-refractivity contribution in [1.82, 2.24) is 0 Å². The van der Waals surface area contributed by atoms with Crippen molar-refractivity contribution in [3.05, 3.63) is 35.9 Å². The van der Waals surface area contributed by atoms with E-state index in [1.165, 1.54) is 0 Å². The molecule has 1 aromatic rings. The van der Waals surface area contributed by atoms with E-state index >= 15 is 0 Å². The van der Waals surface area contributed by atoms with Gasteiger partial charge in [0.25, 0.3) is 0 Å². The molecule has 3 heteroatoms. The van der Waals surface area contributed by atoms with Crippen molar-refractivity contribution in [2.24, 2.45) is 5.73 Å². The van der Waals surface area contributed by atoms with Crippen molar-refractivity contribution in [1.29, 1.82) is 0 Å². The lowest BCUT2D eigenvalue weighted by Gasteiger charge is -2.17. The number of hydrogen-bond donors (Lipinski definition) is 1. The Kier molecular flexibility index (Phi) is 9.81. The highest BCUT2D eigenvalue weighted by molar-refractivity contribution is 5.76. The number of ether oxygens (including phenoxy) is 1. The number of rotatable bonds is 6. The lowest BCUT2D eigenvalue weighted by Crippen LogP contribution is -2.36. The van der Waals surface area contributed by atoms with Crippen LogP contribution < -0.4 is 5.73 Å². The van der Waals surface area contributed by atoms with Crippen molar-refractivity contribution in [3.63, 3.8) is 0 Å². The zero-order chi connectivity index (χ0) is 14.7. The smallest absolute Gasteiger partial charge is 0.323 e. The average Bonchev–Trinajstić information content (AvgIpc) is 2.47. The molecular weight excluding hydrogens is 238 g/mol. The van der Waals surface area contributed by atoms with Gasteiger partial charge in [0.2, 0.25) is 0 Å².